The SMILES string of the molecule is CCS(=O)(=O)[C@@](C)(Br)C(=O)c1ccc(Cl)cc1. The highest BCUT2D eigenvalue weighted by Gasteiger charge is 2.42. The van der Waals surface area contributed by atoms with Crippen LogP contribution in [0.3, 0.4) is 0 Å². The van der Waals surface area contributed by atoms with Crippen molar-refractivity contribution >= 4 is 43.2 Å². The molecule has 0 heterocycles. The van der Waals surface area contributed by atoms with Crippen LogP contribution in [0, 0.1) is 0 Å². The summed E-state index contributed by atoms with van der Waals surface area (Å²) in [5.41, 5.74) is 0.311. The summed E-state index contributed by atoms with van der Waals surface area (Å²) in [6, 6.07) is 6.12. The first kappa shape index (κ1) is 14.7. The van der Waals surface area contributed by atoms with Crippen LogP contribution in [0.15, 0.2) is 24.3 Å². The molecule has 0 bridgehead atoms. The van der Waals surface area contributed by atoms with E-state index in [0.717, 1.165) is 0 Å². The van der Waals surface area contributed by atoms with Gasteiger partial charge >= 0.3 is 0 Å². The molecule has 0 spiro atoms. The van der Waals surface area contributed by atoms with Crippen LogP contribution in [-0.4, -0.2) is 23.6 Å². The van der Waals surface area contributed by atoms with E-state index in [-0.39, 0.29) is 5.75 Å². The number of rotatable bonds is 4. The van der Waals surface area contributed by atoms with Gasteiger partial charge in [0.05, 0.1) is 0 Å². The predicted octanol–water partition coefficient (Wildman–Crippen LogP) is 3.07. The molecule has 3 nitrogen and oxygen atoms in total. The fourth-order valence-electron chi connectivity index (χ4n) is 1.27. The third-order valence-electron chi connectivity index (χ3n) is 2.48. The summed E-state index contributed by atoms with van der Waals surface area (Å²) in [5.74, 6) is -0.593. The highest BCUT2D eigenvalue weighted by Crippen LogP contribution is 2.30. The Labute approximate surface area is 114 Å². The molecule has 1 atom stereocenters. The number of halogens is 2. The van der Waals surface area contributed by atoms with Gasteiger partial charge < -0.3 is 0 Å². The number of benzene rings is 1. The van der Waals surface area contributed by atoms with Gasteiger partial charge in [0.2, 0.25) is 0 Å². The maximum Gasteiger partial charge on any atom is 0.194 e. The van der Waals surface area contributed by atoms with E-state index in [2.05, 4.69) is 15.9 Å². The monoisotopic (exact) mass is 338 g/mol. The van der Waals surface area contributed by atoms with Gasteiger partial charge in [0.25, 0.3) is 0 Å². The Balaban J connectivity index is 3.18. The minimum absolute atomic E-state index is 0.103. The summed E-state index contributed by atoms with van der Waals surface area (Å²) in [4.78, 5) is 12.1. The predicted molar refractivity (Wildman–Crippen MR) is 72.6 cm³/mol. The largest absolute Gasteiger partial charge is 0.291 e. The standard InChI is InChI=1S/C11H12BrClO3S/c1-3-17(15,16)11(2,12)10(14)8-4-6-9(13)7-5-8/h4-7H,3H2,1-2H3/t11-/m1/s1. The first-order chi connectivity index (χ1) is 7.72. The van der Waals surface area contributed by atoms with E-state index < -0.39 is 19.3 Å². The van der Waals surface area contributed by atoms with Crippen molar-refractivity contribution < 1.29 is 13.2 Å². The summed E-state index contributed by atoms with van der Waals surface area (Å²) in [6.07, 6.45) is 0. The van der Waals surface area contributed by atoms with Crippen LogP contribution in [0.5, 0.6) is 0 Å². The maximum atomic E-state index is 12.1. The number of carbonyl (C=O) groups excluding carboxylic acids is 1. The number of hydrogen-bond donors (Lipinski definition) is 0. The zero-order valence-corrected chi connectivity index (χ0v) is 12.6. The second-order valence-corrected chi connectivity index (χ2v) is 8.83. The third-order valence-corrected chi connectivity index (χ3v) is 6.68. The van der Waals surface area contributed by atoms with E-state index in [0.29, 0.717) is 10.6 Å². The number of hydrogen-bond acceptors (Lipinski definition) is 3. The smallest absolute Gasteiger partial charge is 0.194 e. The third kappa shape index (κ3) is 2.89. The van der Waals surface area contributed by atoms with Gasteiger partial charge in [-0.3, -0.25) is 4.79 Å². The Morgan fingerprint density at radius 3 is 2.24 bits per heavy atom. The summed E-state index contributed by atoms with van der Waals surface area (Å²) < 4.78 is 22.0. The molecule has 0 radical (unpaired) electrons. The van der Waals surface area contributed by atoms with Gasteiger partial charge in [-0.25, -0.2) is 8.42 Å². The summed E-state index contributed by atoms with van der Waals surface area (Å²) in [7, 11) is -3.52. The molecule has 94 valence electrons. The molecule has 17 heavy (non-hydrogen) atoms. The number of alkyl halides is 1. The number of ketones is 1. The first-order valence-corrected chi connectivity index (χ1v) is 7.76. The fraction of sp³-hybridized carbons (Fsp3) is 0.364. The Bertz CT molecular complexity index is 520. The molecule has 0 N–H and O–H groups in total. The molecule has 1 aromatic rings. The minimum atomic E-state index is -3.52. The molecule has 0 aliphatic carbocycles. The van der Waals surface area contributed by atoms with Crippen LogP contribution >= 0.6 is 27.5 Å². The second-order valence-electron chi connectivity index (χ2n) is 3.66. The molecule has 0 aromatic heterocycles. The van der Waals surface area contributed by atoms with E-state index in [1.54, 1.807) is 12.1 Å². The fourth-order valence-corrected chi connectivity index (χ4v) is 3.26. The van der Waals surface area contributed by atoms with E-state index in [1.165, 1.54) is 26.0 Å². The second kappa shape index (κ2) is 5.08. The average molecular weight is 340 g/mol. The maximum absolute atomic E-state index is 12.1. The Kier molecular flexibility index (Phi) is 4.38. The van der Waals surface area contributed by atoms with Crippen molar-refractivity contribution in [3.8, 4) is 0 Å². The van der Waals surface area contributed by atoms with E-state index in [9.17, 15) is 13.2 Å². The molecule has 6 heteroatoms. The summed E-state index contributed by atoms with van der Waals surface area (Å²) in [6.45, 7) is 2.85. The van der Waals surface area contributed by atoms with E-state index >= 15 is 0 Å². The van der Waals surface area contributed by atoms with Crippen LogP contribution in [0.4, 0.5) is 0 Å². The Morgan fingerprint density at radius 2 is 1.82 bits per heavy atom. The van der Waals surface area contributed by atoms with Gasteiger partial charge in [-0.05, 0) is 31.2 Å². The molecule has 0 amide bonds. The molecule has 0 unspecified atom stereocenters. The van der Waals surface area contributed by atoms with Crippen molar-refractivity contribution in [2.45, 2.75) is 17.5 Å². The van der Waals surface area contributed by atoms with Crippen LogP contribution < -0.4 is 0 Å². The Hall–Kier alpha value is -0.390. The number of carbonyl (C=O) groups is 1. The lowest BCUT2D eigenvalue weighted by Gasteiger charge is -2.20. The lowest BCUT2D eigenvalue weighted by atomic mass is 10.1. The van der Waals surface area contributed by atoms with Gasteiger partial charge in [0.1, 0.15) is 0 Å². The van der Waals surface area contributed by atoms with E-state index in [4.69, 9.17) is 11.6 Å². The van der Waals surface area contributed by atoms with Gasteiger partial charge in [-0.1, -0.05) is 34.5 Å². The Morgan fingerprint density at radius 1 is 1.35 bits per heavy atom. The van der Waals surface area contributed by atoms with Gasteiger partial charge in [0.15, 0.2) is 19.3 Å². The molecular weight excluding hydrogens is 328 g/mol. The van der Waals surface area contributed by atoms with Crippen molar-refractivity contribution in [2.24, 2.45) is 0 Å². The van der Waals surface area contributed by atoms with Crippen LogP contribution in [0.2, 0.25) is 5.02 Å². The molecule has 0 saturated carbocycles. The minimum Gasteiger partial charge on any atom is -0.291 e. The molecule has 0 aliphatic heterocycles. The lowest BCUT2D eigenvalue weighted by molar-refractivity contribution is 0.0983. The molecule has 0 fully saturated rings. The molecule has 0 saturated heterocycles. The van der Waals surface area contributed by atoms with E-state index in [1.807, 2.05) is 0 Å². The zero-order chi connectivity index (χ0) is 13.3. The number of sulfone groups is 1. The summed E-state index contributed by atoms with van der Waals surface area (Å²) in [5, 5.41) is 0.496. The van der Waals surface area contributed by atoms with Crippen LogP contribution in [-0.2, 0) is 9.84 Å². The average Bonchev–Trinajstić information content (AvgIpc) is 2.28. The van der Waals surface area contributed by atoms with Crippen molar-refractivity contribution in [1.29, 1.82) is 0 Å². The van der Waals surface area contributed by atoms with Crippen LogP contribution in [0.25, 0.3) is 0 Å². The van der Waals surface area contributed by atoms with Gasteiger partial charge in [-0.15, -0.1) is 0 Å². The highest BCUT2D eigenvalue weighted by atomic mass is 79.9. The molecule has 1 rings (SSSR count). The van der Waals surface area contributed by atoms with Crippen molar-refractivity contribution in [1.82, 2.24) is 0 Å². The first-order valence-electron chi connectivity index (χ1n) is 4.94. The topological polar surface area (TPSA) is 51.2 Å². The van der Waals surface area contributed by atoms with Crippen molar-refractivity contribution in [3.05, 3.63) is 34.9 Å². The molecule has 0 aliphatic rings. The lowest BCUT2D eigenvalue weighted by Crippen LogP contribution is -2.38. The van der Waals surface area contributed by atoms with Gasteiger partial charge in [-0.2, -0.15) is 0 Å². The molecular formula is C11H12BrClO3S. The van der Waals surface area contributed by atoms with Crippen molar-refractivity contribution in [2.75, 3.05) is 5.75 Å². The highest BCUT2D eigenvalue weighted by molar-refractivity contribution is 9.12. The van der Waals surface area contributed by atoms with Gasteiger partial charge in [0, 0.05) is 16.3 Å². The van der Waals surface area contributed by atoms with Crippen molar-refractivity contribution in [3.63, 3.8) is 0 Å². The number of Topliss-reactive ketones (excluding diaryl/α,β-unsaturated/α-hetero) is 1. The molecule has 1 aromatic carbocycles. The zero-order valence-electron chi connectivity index (χ0n) is 9.41. The quantitative estimate of drug-likeness (QED) is 0.626. The summed E-state index contributed by atoms with van der Waals surface area (Å²) >= 11 is 8.72. The van der Waals surface area contributed by atoms with Crippen LogP contribution in [0.1, 0.15) is 24.2 Å². The normalized spacial score (nSPS) is 15.3.